The van der Waals surface area contributed by atoms with Gasteiger partial charge < -0.3 is 28.7 Å². The summed E-state index contributed by atoms with van der Waals surface area (Å²) in [6, 6.07) is 0. The molecule has 222 valence electrons. The molecule has 12 nitrogen and oxygen atoms in total. The Balaban J connectivity index is 1.00. The Bertz CT molecular complexity index is 934. The predicted octanol–water partition coefficient (Wildman–Crippen LogP) is 0.483. The van der Waals surface area contributed by atoms with Crippen LogP contribution in [0.15, 0.2) is 0 Å². The Morgan fingerprint density at radius 2 is 1.00 bits per heavy atom. The number of nitrogens with zero attached hydrogens (tertiary/aromatic N) is 4. The number of rotatable bonds is 8. The number of ether oxygens (including phenoxy) is 4. The predicted molar refractivity (Wildman–Crippen MR) is 141 cm³/mol. The normalized spacial score (nSPS) is 40.0. The first kappa shape index (κ1) is 27.9. The fourth-order valence-corrected chi connectivity index (χ4v) is 8.26. The molecule has 8 rings (SSSR count). The largest absolute Gasteiger partial charge is 0.447 e. The van der Waals surface area contributed by atoms with Crippen LogP contribution in [0.25, 0.3) is 0 Å². The van der Waals surface area contributed by atoms with Crippen LogP contribution in [0.4, 0.5) is 9.59 Å². The molecule has 4 bridgehead atoms. The maximum absolute atomic E-state index is 13.2. The summed E-state index contributed by atoms with van der Waals surface area (Å²) in [6.07, 6.45) is 2.58. The molecule has 0 aromatic heterocycles. The first-order valence-electron chi connectivity index (χ1n) is 14.7. The van der Waals surface area contributed by atoms with Crippen molar-refractivity contribution in [2.75, 3.05) is 93.0 Å². The maximum Gasteiger partial charge on any atom is 0.409 e. The number of carbonyl (C=O) groups is 4. The molecule has 0 saturated carbocycles. The number of piperidine rings is 6. The molecule has 8 aliphatic heterocycles. The van der Waals surface area contributed by atoms with Gasteiger partial charge in [0.25, 0.3) is 0 Å². The van der Waals surface area contributed by atoms with E-state index in [2.05, 4.69) is 9.80 Å². The van der Waals surface area contributed by atoms with Crippen molar-refractivity contribution in [3.05, 3.63) is 0 Å². The molecule has 0 aliphatic carbocycles. The van der Waals surface area contributed by atoms with Crippen molar-refractivity contribution in [1.29, 1.82) is 0 Å². The van der Waals surface area contributed by atoms with Crippen LogP contribution in [-0.2, 0) is 28.5 Å². The van der Waals surface area contributed by atoms with E-state index in [4.69, 9.17) is 18.9 Å². The third-order valence-corrected chi connectivity index (χ3v) is 10.5. The van der Waals surface area contributed by atoms with Crippen molar-refractivity contribution < 1.29 is 38.1 Å². The first-order chi connectivity index (χ1) is 19.3. The van der Waals surface area contributed by atoms with Crippen LogP contribution in [-0.4, -0.2) is 147 Å². The summed E-state index contributed by atoms with van der Waals surface area (Å²) in [5.74, 6) is 0.548. The molecule has 8 saturated heterocycles. The summed E-state index contributed by atoms with van der Waals surface area (Å²) in [4.78, 5) is 60.0. The van der Waals surface area contributed by atoms with Crippen LogP contribution in [0.2, 0.25) is 0 Å². The van der Waals surface area contributed by atoms with Gasteiger partial charge in [0, 0.05) is 90.2 Å². The van der Waals surface area contributed by atoms with E-state index in [9.17, 15) is 19.2 Å². The zero-order valence-corrected chi connectivity index (χ0v) is 23.7. The smallest absolute Gasteiger partial charge is 0.409 e. The minimum atomic E-state index is -0.891. The van der Waals surface area contributed by atoms with Gasteiger partial charge in [-0.3, -0.25) is 19.4 Å². The van der Waals surface area contributed by atoms with Crippen molar-refractivity contribution in [2.45, 2.75) is 36.8 Å². The van der Waals surface area contributed by atoms with Gasteiger partial charge in [0.05, 0.1) is 13.2 Å². The number of carbonyl (C=O) groups excluding carboxylic acids is 4. The van der Waals surface area contributed by atoms with Gasteiger partial charge in [-0.1, -0.05) is 0 Å². The van der Waals surface area contributed by atoms with Crippen molar-refractivity contribution in [1.82, 2.24) is 19.6 Å². The third-order valence-electron chi connectivity index (χ3n) is 10.5. The molecule has 40 heavy (non-hydrogen) atoms. The lowest BCUT2D eigenvalue weighted by Crippen LogP contribution is -2.69. The fourth-order valence-electron chi connectivity index (χ4n) is 8.26. The van der Waals surface area contributed by atoms with Gasteiger partial charge in [-0.05, 0) is 25.7 Å². The average molecular weight is 563 g/mol. The highest BCUT2D eigenvalue weighted by Gasteiger charge is 2.56. The molecule has 2 amide bonds. The van der Waals surface area contributed by atoms with E-state index < -0.39 is 23.3 Å². The fraction of sp³-hybridized carbons (Fsp3) is 0.857. The molecular weight excluding hydrogens is 520 g/mol. The van der Waals surface area contributed by atoms with Gasteiger partial charge >= 0.3 is 12.2 Å². The summed E-state index contributed by atoms with van der Waals surface area (Å²) in [7, 11) is 3.15. The molecule has 8 heterocycles. The van der Waals surface area contributed by atoms with Crippen molar-refractivity contribution in [3.63, 3.8) is 0 Å². The number of hydrogen-bond acceptors (Lipinski definition) is 10. The van der Waals surface area contributed by atoms with Crippen LogP contribution in [0.5, 0.6) is 0 Å². The lowest BCUT2D eigenvalue weighted by atomic mass is 9.74. The summed E-state index contributed by atoms with van der Waals surface area (Å²) in [5, 5.41) is 0. The lowest BCUT2D eigenvalue weighted by Gasteiger charge is -2.51. The second-order valence-electron chi connectivity index (χ2n) is 12.6. The van der Waals surface area contributed by atoms with E-state index in [1.165, 1.54) is 0 Å². The van der Waals surface area contributed by atoms with E-state index in [0.717, 1.165) is 51.9 Å². The molecular formula is C28H42N4O8. The number of methoxy groups -OCH3 is 2. The van der Waals surface area contributed by atoms with E-state index in [-0.39, 0.29) is 61.7 Å². The van der Waals surface area contributed by atoms with Gasteiger partial charge in [-0.25, -0.2) is 9.59 Å². The molecule has 0 N–H and O–H groups in total. The summed E-state index contributed by atoms with van der Waals surface area (Å²) in [6.45, 7) is 5.66. The average Bonchev–Trinajstić information content (AvgIpc) is 3.56. The second kappa shape index (κ2) is 10.8. The summed E-state index contributed by atoms with van der Waals surface area (Å²) >= 11 is 0. The Hall–Kier alpha value is -2.28. The monoisotopic (exact) mass is 562 g/mol. The summed E-state index contributed by atoms with van der Waals surface area (Å²) < 4.78 is 22.3. The van der Waals surface area contributed by atoms with E-state index in [1.807, 2.05) is 0 Å². The second-order valence-corrected chi connectivity index (χ2v) is 12.6. The summed E-state index contributed by atoms with van der Waals surface area (Å²) in [5.41, 5.74) is -1.78. The zero-order valence-electron chi connectivity index (χ0n) is 23.7. The number of Topliss-reactive ketones (excluding diaryl/α,β-unsaturated/α-hetero) is 2. The Morgan fingerprint density at radius 1 is 0.650 bits per heavy atom. The highest BCUT2D eigenvalue weighted by atomic mass is 16.6. The Labute approximate surface area is 235 Å². The lowest BCUT2D eigenvalue weighted by molar-refractivity contribution is -0.159. The molecule has 8 fully saturated rings. The number of likely N-dealkylation sites (tertiary alicyclic amines) is 2. The topological polar surface area (TPSA) is 118 Å². The Kier molecular flexibility index (Phi) is 7.56. The quantitative estimate of drug-likeness (QED) is 0.413. The maximum atomic E-state index is 13.2. The molecule has 2 atom stereocenters. The molecule has 12 heteroatoms. The van der Waals surface area contributed by atoms with E-state index >= 15 is 0 Å². The molecule has 0 aromatic carbocycles. The van der Waals surface area contributed by atoms with Crippen molar-refractivity contribution >= 4 is 23.8 Å². The highest BCUT2D eigenvalue weighted by molar-refractivity contribution is 5.93. The van der Waals surface area contributed by atoms with Crippen LogP contribution < -0.4 is 0 Å². The molecule has 0 aromatic rings. The Morgan fingerprint density at radius 3 is 1.30 bits per heavy atom. The number of amides is 2. The standard InChI is InChI=1S/C28H42N4O8/c1-37-15-27(23(33)19-3-7-31(27)8-4-19)17-39-25(35)29-11-21-13-30(14-22(21)12-29)26(36)40-18-28(16-38-2)24(34)20-5-9-32(28)10-6-20/h19-22H,3-18H2,1-2H3/t21?,22?,27-,28-/m0/s1. The SMILES string of the molecule is COC[C@]1(COC(=O)N2CC3CN(C(=O)OC[C@@]4(COC)C(=O)C5CCN4CC5)CC3C2)C(=O)C2CCN1CC2. The highest BCUT2D eigenvalue weighted by Crippen LogP contribution is 2.39. The number of ketones is 2. The zero-order chi connectivity index (χ0) is 28.1. The van der Waals surface area contributed by atoms with Gasteiger partial charge in [0.2, 0.25) is 0 Å². The first-order valence-corrected chi connectivity index (χ1v) is 14.7. The van der Waals surface area contributed by atoms with Gasteiger partial charge in [-0.15, -0.1) is 0 Å². The number of hydrogen-bond donors (Lipinski definition) is 0. The van der Waals surface area contributed by atoms with Gasteiger partial charge in [0.1, 0.15) is 24.3 Å². The van der Waals surface area contributed by atoms with E-state index in [0.29, 0.717) is 26.2 Å². The van der Waals surface area contributed by atoms with Crippen LogP contribution >= 0.6 is 0 Å². The van der Waals surface area contributed by atoms with Crippen LogP contribution in [0.3, 0.4) is 0 Å². The van der Waals surface area contributed by atoms with Crippen molar-refractivity contribution in [2.24, 2.45) is 23.7 Å². The van der Waals surface area contributed by atoms with Gasteiger partial charge in [0.15, 0.2) is 11.6 Å². The minimum absolute atomic E-state index is 0.000883. The molecule has 0 radical (unpaired) electrons. The molecule has 0 spiro atoms. The number of fused-ring (bicyclic) bond motifs is 7. The third kappa shape index (κ3) is 4.51. The van der Waals surface area contributed by atoms with Gasteiger partial charge in [-0.2, -0.15) is 0 Å². The minimum Gasteiger partial charge on any atom is -0.447 e. The molecule has 0 unspecified atom stereocenters. The van der Waals surface area contributed by atoms with Crippen LogP contribution in [0.1, 0.15) is 25.7 Å². The molecule has 8 aliphatic rings. The van der Waals surface area contributed by atoms with Crippen molar-refractivity contribution in [3.8, 4) is 0 Å². The van der Waals surface area contributed by atoms with Crippen LogP contribution in [0, 0.1) is 23.7 Å². The van der Waals surface area contributed by atoms with E-state index in [1.54, 1.807) is 24.0 Å².